The topological polar surface area (TPSA) is 114 Å². The second kappa shape index (κ2) is 6.03. The molecule has 2 heterocycles. The summed E-state index contributed by atoms with van der Waals surface area (Å²) in [6.45, 7) is 3.47. The van der Waals surface area contributed by atoms with E-state index < -0.39 is 22.8 Å². The molecule has 1 aromatic carbocycles. The van der Waals surface area contributed by atoms with E-state index in [9.17, 15) is 20.5 Å². The van der Waals surface area contributed by atoms with E-state index in [0.29, 0.717) is 16.9 Å². The molecule has 1 N–H and O–H groups in total. The van der Waals surface area contributed by atoms with Crippen molar-refractivity contribution in [3.8, 4) is 11.8 Å². The Labute approximate surface area is 143 Å². The molecule has 3 rings (SSSR count). The Balaban J connectivity index is 2.29. The molecule has 25 heavy (non-hydrogen) atoms. The fourth-order valence-corrected chi connectivity index (χ4v) is 2.99. The minimum Gasteiger partial charge on any atom is -0.485 e. The maximum atomic E-state index is 10.9. The molecular weight excluding hydrogens is 324 g/mol. The summed E-state index contributed by atoms with van der Waals surface area (Å²) in [5.41, 5.74) is 0.133. The molecule has 0 radical (unpaired) electrons. The maximum Gasteiger partial charge on any atom is 0.207 e. The highest BCUT2D eigenvalue weighted by atomic mass is 16.7. The first-order valence-corrected chi connectivity index (χ1v) is 7.61. The Kier molecular flexibility index (Phi) is 4.02. The molecule has 2 atom stereocenters. The van der Waals surface area contributed by atoms with Gasteiger partial charge in [-0.05, 0) is 44.2 Å². The summed E-state index contributed by atoms with van der Waals surface area (Å²) in [4.78, 5) is 10.9. The Morgan fingerprint density at radius 3 is 2.84 bits per heavy atom. The quantitative estimate of drug-likeness (QED) is 0.658. The number of nitriles is 1. The number of hydrogen-bond donors (Lipinski definition) is 1. The van der Waals surface area contributed by atoms with Crippen molar-refractivity contribution in [2.45, 2.75) is 31.6 Å². The van der Waals surface area contributed by atoms with Gasteiger partial charge in [-0.1, -0.05) is 6.07 Å². The van der Waals surface area contributed by atoms with E-state index in [2.05, 4.69) is 11.2 Å². The molecule has 8 heteroatoms. The van der Waals surface area contributed by atoms with Crippen LogP contribution in [0, 0.1) is 21.4 Å². The molecular formula is C17H16N4O4. The van der Waals surface area contributed by atoms with Crippen molar-refractivity contribution in [3.63, 3.8) is 0 Å². The summed E-state index contributed by atoms with van der Waals surface area (Å²) in [5.74, 6) is 0.516. The van der Waals surface area contributed by atoms with Crippen LogP contribution in [0.2, 0.25) is 0 Å². The van der Waals surface area contributed by atoms with Crippen molar-refractivity contribution in [1.29, 1.82) is 5.26 Å². The van der Waals surface area contributed by atoms with Crippen LogP contribution in [-0.2, 0) is 0 Å². The van der Waals surface area contributed by atoms with Crippen molar-refractivity contribution in [1.82, 2.24) is 4.57 Å². The van der Waals surface area contributed by atoms with Crippen molar-refractivity contribution >= 4 is 0 Å². The summed E-state index contributed by atoms with van der Waals surface area (Å²) < 4.78 is 7.39. The molecule has 2 unspecified atom stereocenters. The molecule has 0 fully saturated rings. The van der Waals surface area contributed by atoms with Crippen LogP contribution in [0.1, 0.15) is 31.0 Å². The van der Waals surface area contributed by atoms with Crippen molar-refractivity contribution < 1.29 is 14.9 Å². The van der Waals surface area contributed by atoms with Crippen LogP contribution in [0.15, 0.2) is 47.7 Å². The van der Waals surface area contributed by atoms with Crippen LogP contribution >= 0.6 is 0 Å². The van der Waals surface area contributed by atoms with E-state index in [-0.39, 0.29) is 5.49 Å². The number of nitro groups is 1. The number of aromatic nitrogens is 1. The van der Waals surface area contributed by atoms with Crippen LogP contribution in [0.5, 0.6) is 5.75 Å². The summed E-state index contributed by atoms with van der Waals surface area (Å²) in [5, 5.41) is 33.5. The van der Waals surface area contributed by atoms with Crippen molar-refractivity contribution in [2.24, 2.45) is 5.10 Å². The Bertz CT molecular complexity index is 942. The third-order valence-electron chi connectivity index (χ3n) is 4.19. The highest BCUT2D eigenvalue weighted by Crippen LogP contribution is 2.41. The molecule has 0 bridgehead atoms. The zero-order valence-corrected chi connectivity index (χ0v) is 13.7. The number of rotatable bonds is 2. The van der Waals surface area contributed by atoms with E-state index in [4.69, 9.17) is 4.74 Å². The standard InChI is InChI=1S/C17H16N4O4/c1-17(2)16(22)15(12-9-11(10-18)6-7-13(12)25-17)20-8-4-3-5-14(20)19-21(23)24/h3-9,15-16,22H,1-2H3. The van der Waals surface area contributed by atoms with Crippen LogP contribution in [0.25, 0.3) is 0 Å². The summed E-state index contributed by atoms with van der Waals surface area (Å²) >= 11 is 0. The lowest BCUT2D eigenvalue weighted by Crippen LogP contribution is -2.52. The second-order valence-corrected chi connectivity index (χ2v) is 6.26. The highest BCUT2D eigenvalue weighted by Gasteiger charge is 2.44. The zero-order valence-electron chi connectivity index (χ0n) is 13.7. The number of benzene rings is 1. The molecule has 0 spiro atoms. The van der Waals surface area contributed by atoms with E-state index in [1.54, 1.807) is 50.4 Å². The molecule has 2 aromatic rings. The SMILES string of the molecule is CC1(C)Oc2ccc(C#N)cc2C(n2ccccc2=N[N+](=O)[O-])C1O. The minimum atomic E-state index is -1.01. The van der Waals surface area contributed by atoms with Gasteiger partial charge in [-0.25, -0.2) is 10.1 Å². The van der Waals surface area contributed by atoms with Crippen LogP contribution in [0.4, 0.5) is 0 Å². The van der Waals surface area contributed by atoms with Gasteiger partial charge in [0.05, 0.1) is 22.8 Å². The van der Waals surface area contributed by atoms with E-state index in [1.165, 1.54) is 10.6 Å². The van der Waals surface area contributed by atoms with E-state index in [1.807, 2.05) is 0 Å². The van der Waals surface area contributed by atoms with Gasteiger partial charge in [-0.2, -0.15) is 5.26 Å². The zero-order chi connectivity index (χ0) is 18.2. The number of hydrogen-bond acceptors (Lipinski definition) is 5. The number of ether oxygens (including phenoxy) is 1. The van der Waals surface area contributed by atoms with Gasteiger partial charge in [0.15, 0.2) is 5.03 Å². The molecule has 0 amide bonds. The molecule has 1 aromatic heterocycles. The third kappa shape index (κ3) is 2.97. The molecule has 0 aliphatic carbocycles. The number of nitrogens with zero attached hydrogens (tertiary/aromatic N) is 4. The highest BCUT2D eigenvalue weighted by molar-refractivity contribution is 5.46. The summed E-state index contributed by atoms with van der Waals surface area (Å²) in [7, 11) is 0. The molecule has 0 saturated carbocycles. The van der Waals surface area contributed by atoms with E-state index in [0.717, 1.165) is 0 Å². The number of pyridine rings is 1. The first-order valence-electron chi connectivity index (χ1n) is 7.61. The Morgan fingerprint density at radius 2 is 2.16 bits per heavy atom. The fourth-order valence-electron chi connectivity index (χ4n) is 2.99. The van der Waals surface area contributed by atoms with Gasteiger partial charge in [-0.15, -0.1) is 0 Å². The molecule has 128 valence electrons. The first-order chi connectivity index (χ1) is 11.8. The number of fused-ring (bicyclic) bond motifs is 1. The Morgan fingerprint density at radius 1 is 1.40 bits per heavy atom. The van der Waals surface area contributed by atoms with Gasteiger partial charge < -0.3 is 14.4 Å². The number of aliphatic hydroxyl groups excluding tert-OH is 1. The number of aliphatic hydroxyl groups is 1. The summed E-state index contributed by atoms with van der Waals surface area (Å²) in [6.07, 6.45) is 0.600. The van der Waals surface area contributed by atoms with Crippen LogP contribution < -0.4 is 10.2 Å². The summed E-state index contributed by atoms with van der Waals surface area (Å²) in [6, 6.07) is 11.1. The van der Waals surface area contributed by atoms with Gasteiger partial charge >= 0.3 is 0 Å². The Hall–Kier alpha value is -3.18. The van der Waals surface area contributed by atoms with Gasteiger partial charge in [-0.3, -0.25) is 0 Å². The first kappa shape index (κ1) is 16.7. The molecule has 1 aliphatic heterocycles. The minimum absolute atomic E-state index is 0.0857. The smallest absolute Gasteiger partial charge is 0.207 e. The average molecular weight is 340 g/mol. The van der Waals surface area contributed by atoms with Gasteiger partial charge in [0.25, 0.3) is 0 Å². The monoisotopic (exact) mass is 340 g/mol. The lowest BCUT2D eigenvalue weighted by Gasteiger charge is -2.42. The van der Waals surface area contributed by atoms with Gasteiger partial charge in [0.2, 0.25) is 5.49 Å². The molecule has 0 saturated heterocycles. The predicted molar refractivity (Wildman–Crippen MR) is 87.0 cm³/mol. The molecule has 1 aliphatic rings. The van der Waals surface area contributed by atoms with Crippen LogP contribution in [-0.4, -0.2) is 26.4 Å². The lowest BCUT2D eigenvalue weighted by atomic mass is 9.85. The fraction of sp³-hybridized carbons (Fsp3) is 0.294. The van der Waals surface area contributed by atoms with Crippen molar-refractivity contribution in [2.75, 3.05) is 0 Å². The van der Waals surface area contributed by atoms with Crippen LogP contribution in [0.3, 0.4) is 0 Å². The third-order valence-corrected chi connectivity index (χ3v) is 4.19. The van der Waals surface area contributed by atoms with E-state index >= 15 is 0 Å². The molecule has 8 nitrogen and oxygen atoms in total. The second-order valence-electron chi connectivity index (χ2n) is 6.26. The van der Waals surface area contributed by atoms with Crippen molar-refractivity contribution in [3.05, 3.63) is 69.3 Å². The predicted octanol–water partition coefficient (Wildman–Crippen LogP) is 1.57. The van der Waals surface area contributed by atoms with Gasteiger partial charge in [0.1, 0.15) is 17.5 Å². The maximum absolute atomic E-state index is 10.9. The van der Waals surface area contributed by atoms with Gasteiger partial charge in [0, 0.05) is 11.8 Å². The normalized spacial score (nSPS) is 21.8. The largest absolute Gasteiger partial charge is 0.485 e. The average Bonchev–Trinajstić information content (AvgIpc) is 2.56. The lowest BCUT2D eigenvalue weighted by molar-refractivity contribution is -0.491.